The topological polar surface area (TPSA) is 53.6 Å². The van der Waals surface area contributed by atoms with E-state index in [9.17, 15) is 0 Å². The molecule has 1 saturated carbocycles. The predicted molar refractivity (Wildman–Crippen MR) is 78.9 cm³/mol. The molecule has 0 amide bonds. The summed E-state index contributed by atoms with van der Waals surface area (Å²) >= 11 is 0. The van der Waals surface area contributed by atoms with E-state index in [-0.39, 0.29) is 0 Å². The van der Waals surface area contributed by atoms with Gasteiger partial charge in [-0.15, -0.1) is 0 Å². The van der Waals surface area contributed by atoms with Crippen LogP contribution in [-0.4, -0.2) is 43.1 Å². The van der Waals surface area contributed by atoms with Crippen molar-refractivity contribution in [2.75, 3.05) is 26.2 Å². The van der Waals surface area contributed by atoms with Crippen molar-refractivity contribution >= 4 is 5.96 Å². The molecule has 0 unspecified atom stereocenters. The summed E-state index contributed by atoms with van der Waals surface area (Å²) in [6.07, 6.45) is 7.71. The summed E-state index contributed by atoms with van der Waals surface area (Å²) in [5.41, 5.74) is 5.93. The minimum atomic E-state index is 0.556. The number of rotatable bonds is 7. The van der Waals surface area contributed by atoms with Gasteiger partial charge in [0.2, 0.25) is 0 Å². The van der Waals surface area contributed by atoms with Crippen molar-refractivity contribution in [2.24, 2.45) is 10.7 Å². The first-order chi connectivity index (χ1) is 8.76. The number of nitrogens with two attached hydrogens (primary N) is 1. The molecule has 4 nitrogen and oxygen atoms in total. The zero-order chi connectivity index (χ0) is 13.2. The molecular formula is C14H30N4. The van der Waals surface area contributed by atoms with Crippen molar-refractivity contribution in [1.29, 1.82) is 0 Å². The number of aliphatic imine (C=N–C) groups is 1. The molecule has 0 aliphatic heterocycles. The van der Waals surface area contributed by atoms with Gasteiger partial charge >= 0.3 is 0 Å². The first-order valence-electron chi connectivity index (χ1n) is 7.55. The van der Waals surface area contributed by atoms with Crippen molar-refractivity contribution in [1.82, 2.24) is 10.2 Å². The van der Waals surface area contributed by atoms with Crippen LogP contribution in [0.4, 0.5) is 0 Å². The predicted octanol–water partition coefficient (Wildman–Crippen LogP) is 1.96. The Morgan fingerprint density at radius 2 is 1.94 bits per heavy atom. The molecule has 1 rings (SSSR count). The van der Waals surface area contributed by atoms with Crippen LogP contribution in [-0.2, 0) is 0 Å². The number of hydrogen-bond acceptors (Lipinski definition) is 2. The maximum absolute atomic E-state index is 5.93. The summed E-state index contributed by atoms with van der Waals surface area (Å²) < 4.78 is 0. The molecule has 0 aromatic heterocycles. The largest absolute Gasteiger partial charge is 0.370 e. The van der Waals surface area contributed by atoms with Gasteiger partial charge in [0.15, 0.2) is 5.96 Å². The average molecular weight is 254 g/mol. The van der Waals surface area contributed by atoms with E-state index in [4.69, 9.17) is 5.73 Å². The van der Waals surface area contributed by atoms with Gasteiger partial charge in [-0.1, -0.05) is 33.1 Å². The summed E-state index contributed by atoms with van der Waals surface area (Å²) in [7, 11) is 0. The Morgan fingerprint density at radius 1 is 1.22 bits per heavy atom. The normalized spacial score (nSPS) is 18.3. The first-order valence-corrected chi connectivity index (χ1v) is 7.55. The molecule has 0 heterocycles. The van der Waals surface area contributed by atoms with E-state index < -0.39 is 0 Å². The maximum atomic E-state index is 5.93. The van der Waals surface area contributed by atoms with Crippen molar-refractivity contribution in [3.8, 4) is 0 Å². The molecule has 0 spiro atoms. The van der Waals surface area contributed by atoms with Gasteiger partial charge in [-0.05, 0) is 32.4 Å². The van der Waals surface area contributed by atoms with Gasteiger partial charge < -0.3 is 16.0 Å². The number of nitrogens with zero attached hydrogens (tertiary/aromatic N) is 2. The van der Waals surface area contributed by atoms with Crippen LogP contribution in [0, 0.1) is 0 Å². The summed E-state index contributed by atoms with van der Waals surface area (Å²) in [5.74, 6) is 0.634. The van der Waals surface area contributed by atoms with Crippen LogP contribution in [0.2, 0.25) is 0 Å². The van der Waals surface area contributed by atoms with E-state index in [0.29, 0.717) is 12.0 Å². The monoisotopic (exact) mass is 254 g/mol. The van der Waals surface area contributed by atoms with Crippen LogP contribution < -0.4 is 11.1 Å². The van der Waals surface area contributed by atoms with Crippen molar-refractivity contribution in [3.63, 3.8) is 0 Å². The molecule has 0 aromatic carbocycles. The number of nitrogens with one attached hydrogen (secondary N) is 1. The second-order valence-electron chi connectivity index (χ2n) is 5.18. The molecule has 0 atom stereocenters. The molecule has 18 heavy (non-hydrogen) atoms. The van der Waals surface area contributed by atoms with Crippen LogP contribution in [0.5, 0.6) is 0 Å². The highest BCUT2D eigenvalue weighted by atomic mass is 15.2. The Kier molecular flexibility index (Phi) is 7.81. The first kappa shape index (κ1) is 15.3. The Balaban J connectivity index is 2.19. The van der Waals surface area contributed by atoms with Crippen LogP contribution in [0.25, 0.3) is 0 Å². The zero-order valence-corrected chi connectivity index (χ0v) is 12.1. The van der Waals surface area contributed by atoms with Crippen molar-refractivity contribution in [3.05, 3.63) is 0 Å². The van der Waals surface area contributed by atoms with Crippen LogP contribution in [0.3, 0.4) is 0 Å². The summed E-state index contributed by atoms with van der Waals surface area (Å²) in [4.78, 5) is 6.84. The third kappa shape index (κ3) is 6.24. The molecule has 1 fully saturated rings. The molecule has 106 valence electrons. The van der Waals surface area contributed by atoms with Gasteiger partial charge in [-0.2, -0.15) is 0 Å². The fourth-order valence-corrected chi connectivity index (χ4v) is 2.56. The van der Waals surface area contributed by atoms with Crippen LogP contribution in [0.15, 0.2) is 4.99 Å². The Labute approximate surface area is 112 Å². The second-order valence-corrected chi connectivity index (χ2v) is 5.18. The molecule has 3 N–H and O–H groups in total. The molecule has 1 aliphatic rings. The highest BCUT2D eigenvalue weighted by Crippen LogP contribution is 2.16. The standard InChI is InChI=1S/C14H30N4/c1-3-11-18(4-2)12-10-16-14(15)17-13-8-6-5-7-9-13/h13H,3-12H2,1-2H3,(H3,15,16,17). The lowest BCUT2D eigenvalue weighted by Gasteiger charge is -2.23. The molecule has 0 radical (unpaired) electrons. The lowest BCUT2D eigenvalue weighted by atomic mass is 9.96. The lowest BCUT2D eigenvalue weighted by molar-refractivity contribution is 0.297. The fourth-order valence-electron chi connectivity index (χ4n) is 2.56. The lowest BCUT2D eigenvalue weighted by Crippen LogP contribution is -2.41. The third-order valence-corrected chi connectivity index (χ3v) is 3.64. The maximum Gasteiger partial charge on any atom is 0.188 e. The van der Waals surface area contributed by atoms with E-state index in [1.54, 1.807) is 0 Å². The van der Waals surface area contributed by atoms with Gasteiger partial charge in [-0.25, -0.2) is 0 Å². The third-order valence-electron chi connectivity index (χ3n) is 3.64. The SMILES string of the molecule is CCCN(CC)CCN=C(N)NC1CCCCC1. The number of hydrogen-bond donors (Lipinski definition) is 2. The molecule has 4 heteroatoms. The second kappa shape index (κ2) is 9.20. The summed E-state index contributed by atoms with van der Waals surface area (Å²) in [5, 5.41) is 3.35. The molecule has 0 bridgehead atoms. The Morgan fingerprint density at radius 3 is 2.56 bits per heavy atom. The van der Waals surface area contributed by atoms with E-state index in [2.05, 4.69) is 29.1 Å². The highest BCUT2D eigenvalue weighted by molar-refractivity contribution is 5.78. The van der Waals surface area contributed by atoms with Gasteiger partial charge in [-0.3, -0.25) is 4.99 Å². The van der Waals surface area contributed by atoms with Gasteiger partial charge in [0, 0.05) is 12.6 Å². The van der Waals surface area contributed by atoms with E-state index in [1.165, 1.54) is 38.5 Å². The van der Waals surface area contributed by atoms with Gasteiger partial charge in [0.05, 0.1) is 6.54 Å². The number of likely N-dealkylation sites (N-methyl/N-ethyl adjacent to an activating group) is 1. The van der Waals surface area contributed by atoms with Gasteiger partial charge in [0.1, 0.15) is 0 Å². The van der Waals surface area contributed by atoms with Crippen molar-refractivity contribution < 1.29 is 0 Å². The van der Waals surface area contributed by atoms with Crippen molar-refractivity contribution in [2.45, 2.75) is 58.4 Å². The molecular weight excluding hydrogens is 224 g/mol. The fraction of sp³-hybridized carbons (Fsp3) is 0.929. The Bertz CT molecular complexity index is 234. The Hall–Kier alpha value is -0.770. The quantitative estimate of drug-likeness (QED) is 0.539. The molecule has 0 aromatic rings. The van der Waals surface area contributed by atoms with E-state index in [1.807, 2.05) is 0 Å². The zero-order valence-electron chi connectivity index (χ0n) is 12.1. The molecule has 1 aliphatic carbocycles. The number of guanidine groups is 1. The van der Waals surface area contributed by atoms with E-state index >= 15 is 0 Å². The minimum absolute atomic E-state index is 0.556. The van der Waals surface area contributed by atoms with Crippen LogP contribution in [0.1, 0.15) is 52.4 Å². The summed E-state index contributed by atoms with van der Waals surface area (Å²) in [6.45, 7) is 8.48. The van der Waals surface area contributed by atoms with E-state index in [0.717, 1.165) is 26.2 Å². The van der Waals surface area contributed by atoms with Crippen LogP contribution >= 0.6 is 0 Å². The average Bonchev–Trinajstić information content (AvgIpc) is 2.39. The summed E-state index contributed by atoms with van der Waals surface area (Å²) in [6, 6.07) is 0.556. The smallest absolute Gasteiger partial charge is 0.188 e. The minimum Gasteiger partial charge on any atom is -0.370 e. The van der Waals surface area contributed by atoms with Gasteiger partial charge in [0.25, 0.3) is 0 Å². The highest BCUT2D eigenvalue weighted by Gasteiger charge is 2.13. The molecule has 0 saturated heterocycles.